The first-order valence-corrected chi connectivity index (χ1v) is 7.35. The zero-order valence-corrected chi connectivity index (χ0v) is 12.9. The van der Waals surface area contributed by atoms with E-state index in [-0.39, 0.29) is 12.3 Å². The van der Waals surface area contributed by atoms with Crippen molar-refractivity contribution >= 4 is 44.2 Å². The quantitative estimate of drug-likeness (QED) is 0.614. The molecule has 100 valence electrons. The summed E-state index contributed by atoms with van der Waals surface area (Å²) in [5.74, 6) is 0.0508. The van der Waals surface area contributed by atoms with E-state index in [0.717, 1.165) is 15.4 Å². The molecule has 0 fully saturated rings. The van der Waals surface area contributed by atoms with E-state index in [2.05, 4.69) is 15.9 Å². The van der Waals surface area contributed by atoms with Crippen molar-refractivity contribution in [3.63, 3.8) is 0 Å². The Balaban J connectivity index is 1.98. The van der Waals surface area contributed by atoms with Crippen LogP contribution in [0.5, 0.6) is 0 Å². The molecule has 3 rings (SSSR count). The number of aromatic nitrogens is 1. The van der Waals surface area contributed by atoms with E-state index in [9.17, 15) is 4.79 Å². The lowest BCUT2D eigenvalue weighted by Gasteiger charge is -2.06. The molecular formula is C16H11BrClNO. The molecule has 0 aliphatic heterocycles. The molecule has 0 aliphatic rings. The zero-order valence-electron chi connectivity index (χ0n) is 10.5. The van der Waals surface area contributed by atoms with Crippen LogP contribution in [-0.4, -0.2) is 10.4 Å². The number of fused-ring (bicyclic) bond motifs is 1. The molecular weight excluding hydrogens is 338 g/mol. The predicted octanol–water partition coefficient (Wildman–Crippen LogP) is 4.94. The van der Waals surface area contributed by atoms with Gasteiger partial charge in [-0.2, -0.15) is 0 Å². The summed E-state index contributed by atoms with van der Waals surface area (Å²) in [6.07, 6.45) is 1.81. The number of para-hydroxylation sites is 1. The van der Waals surface area contributed by atoms with E-state index in [1.165, 1.54) is 0 Å². The molecule has 2 aromatic carbocycles. The van der Waals surface area contributed by atoms with Crippen molar-refractivity contribution in [3.8, 4) is 0 Å². The number of hydrogen-bond acceptors (Lipinski definition) is 1. The second kappa shape index (κ2) is 5.43. The van der Waals surface area contributed by atoms with Crippen molar-refractivity contribution in [3.05, 3.63) is 69.8 Å². The monoisotopic (exact) mass is 347 g/mol. The minimum atomic E-state index is 0.0508. The van der Waals surface area contributed by atoms with Crippen LogP contribution in [-0.2, 0) is 6.54 Å². The molecule has 0 radical (unpaired) electrons. The van der Waals surface area contributed by atoms with Gasteiger partial charge in [0.25, 0.3) is 0 Å². The van der Waals surface area contributed by atoms with Crippen LogP contribution in [0.4, 0.5) is 0 Å². The van der Waals surface area contributed by atoms with Crippen LogP contribution in [0.3, 0.4) is 0 Å². The van der Waals surface area contributed by atoms with E-state index in [1.807, 2.05) is 53.1 Å². The minimum absolute atomic E-state index is 0.0508. The van der Waals surface area contributed by atoms with Gasteiger partial charge in [-0.15, -0.1) is 0 Å². The molecule has 3 aromatic rings. The van der Waals surface area contributed by atoms with Crippen LogP contribution in [0.1, 0.15) is 10.4 Å². The minimum Gasteiger partial charge on any atom is -0.338 e. The van der Waals surface area contributed by atoms with E-state index in [1.54, 1.807) is 6.20 Å². The predicted molar refractivity (Wildman–Crippen MR) is 85.4 cm³/mol. The number of Topliss-reactive ketones (excluding diaryl/α,β-unsaturated/α-hetero) is 1. The van der Waals surface area contributed by atoms with Crippen LogP contribution in [0.15, 0.2) is 59.2 Å². The lowest BCUT2D eigenvalue weighted by molar-refractivity contribution is 0.0973. The van der Waals surface area contributed by atoms with Gasteiger partial charge in [0.15, 0.2) is 5.78 Å². The van der Waals surface area contributed by atoms with Gasteiger partial charge in [-0.3, -0.25) is 4.79 Å². The van der Waals surface area contributed by atoms with Gasteiger partial charge >= 0.3 is 0 Å². The summed E-state index contributed by atoms with van der Waals surface area (Å²) in [6, 6.07) is 15.2. The number of carbonyl (C=O) groups excluding carboxylic acids is 1. The molecule has 0 spiro atoms. The first kappa shape index (κ1) is 13.4. The molecule has 0 saturated heterocycles. The van der Waals surface area contributed by atoms with Gasteiger partial charge < -0.3 is 4.57 Å². The number of hydrogen-bond donors (Lipinski definition) is 0. The Morgan fingerprint density at radius 1 is 1.10 bits per heavy atom. The summed E-state index contributed by atoms with van der Waals surface area (Å²) in [7, 11) is 0. The first-order chi connectivity index (χ1) is 9.66. The van der Waals surface area contributed by atoms with Crippen LogP contribution in [0, 0.1) is 0 Å². The molecule has 2 nitrogen and oxygen atoms in total. The van der Waals surface area contributed by atoms with Crippen LogP contribution < -0.4 is 0 Å². The largest absolute Gasteiger partial charge is 0.338 e. The van der Waals surface area contributed by atoms with E-state index in [0.29, 0.717) is 10.6 Å². The Hall–Kier alpha value is -1.58. The maximum Gasteiger partial charge on any atom is 0.183 e. The van der Waals surface area contributed by atoms with E-state index < -0.39 is 0 Å². The highest BCUT2D eigenvalue weighted by Crippen LogP contribution is 2.26. The number of carbonyl (C=O) groups is 1. The smallest absolute Gasteiger partial charge is 0.183 e. The summed E-state index contributed by atoms with van der Waals surface area (Å²) in [6.45, 7) is 0.274. The maximum absolute atomic E-state index is 12.4. The van der Waals surface area contributed by atoms with Crippen LogP contribution >= 0.6 is 27.5 Å². The fraction of sp³-hybridized carbons (Fsp3) is 0.0625. The molecule has 0 bridgehead atoms. The Morgan fingerprint density at radius 2 is 1.80 bits per heavy atom. The lowest BCUT2D eigenvalue weighted by atomic mass is 10.1. The molecule has 0 N–H and O–H groups in total. The number of nitrogens with zero attached hydrogens (tertiary/aromatic N) is 1. The van der Waals surface area contributed by atoms with Gasteiger partial charge in [0, 0.05) is 27.1 Å². The van der Waals surface area contributed by atoms with Gasteiger partial charge in [-0.1, -0.05) is 63.9 Å². The number of rotatable bonds is 3. The molecule has 0 aliphatic carbocycles. The molecule has 20 heavy (non-hydrogen) atoms. The van der Waals surface area contributed by atoms with Crippen molar-refractivity contribution in [1.29, 1.82) is 0 Å². The fourth-order valence-corrected chi connectivity index (χ4v) is 3.04. The maximum atomic E-state index is 12.4. The molecule has 4 heteroatoms. The highest BCUT2D eigenvalue weighted by Gasteiger charge is 2.13. The van der Waals surface area contributed by atoms with Gasteiger partial charge in [-0.25, -0.2) is 0 Å². The topological polar surface area (TPSA) is 22.0 Å². The third-order valence-electron chi connectivity index (χ3n) is 3.23. The Bertz CT molecular complexity index is 794. The Kier molecular flexibility index (Phi) is 3.64. The summed E-state index contributed by atoms with van der Waals surface area (Å²) >= 11 is 9.61. The zero-order chi connectivity index (χ0) is 14.1. The second-order valence-corrected chi connectivity index (χ2v) is 5.79. The number of benzene rings is 2. The summed E-state index contributed by atoms with van der Waals surface area (Å²) in [5.41, 5.74) is 1.65. The molecule has 1 heterocycles. The Labute approximate surface area is 130 Å². The van der Waals surface area contributed by atoms with Crippen molar-refractivity contribution < 1.29 is 4.79 Å². The lowest BCUT2D eigenvalue weighted by Crippen LogP contribution is -2.10. The van der Waals surface area contributed by atoms with Gasteiger partial charge in [-0.05, 0) is 12.1 Å². The van der Waals surface area contributed by atoms with Crippen LogP contribution in [0.2, 0.25) is 5.02 Å². The van der Waals surface area contributed by atoms with Gasteiger partial charge in [0.05, 0.1) is 11.6 Å². The first-order valence-electron chi connectivity index (χ1n) is 6.18. The summed E-state index contributed by atoms with van der Waals surface area (Å²) < 4.78 is 2.70. The van der Waals surface area contributed by atoms with E-state index in [4.69, 9.17) is 11.6 Å². The summed E-state index contributed by atoms with van der Waals surface area (Å²) in [4.78, 5) is 12.4. The van der Waals surface area contributed by atoms with Crippen molar-refractivity contribution in [2.24, 2.45) is 0 Å². The van der Waals surface area contributed by atoms with Gasteiger partial charge in [0.1, 0.15) is 0 Å². The van der Waals surface area contributed by atoms with Crippen molar-refractivity contribution in [1.82, 2.24) is 4.57 Å². The Morgan fingerprint density at radius 3 is 2.60 bits per heavy atom. The number of ketones is 1. The third kappa shape index (κ3) is 2.39. The molecule has 0 unspecified atom stereocenters. The van der Waals surface area contributed by atoms with Crippen LogP contribution in [0.25, 0.3) is 10.9 Å². The standard InChI is InChI=1S/C16H11BrClNO/c17-13-7-3-1-5-11(13)16(20)10-19-9-14(18)12-6-2-4-8-15(12)19/h1-9H,10H2. The molecule has 0 atom stereocenters. The third-order valence-corrected chi connectivity index (χ3v) is 4.22. The molecule has 1 aromatic heterocycles. The second-order valence-electron chi connectivity index (χ2n) is 4.53. The fourth-order valence-electron chi connectivity index (χ4n) is 2.26. The highest BCUT2D eigenvalue weighted by atomic mass is 79.9. The average Bonchev–Trinajstić information content (AvgIpc) is 2.76. The molecule has 0 saturated carbocycles. The van der Waals surface area contributed by atoms with Crippen molar-refractivity contribution in [2.45, 2.75) is 6.54 Å². The SMILES string of the molecule is O=C(Cn1cc(Cl)c2ccccc21)c1ccccc1Br. The average molecular weight is 349 g/mol. The van der Waals surface area contributed by atoms with E-state index >= 15 is 0 Å². The number of halogens is 2. The normalized spacial score (nSPS) is 10.9. The molecule has 0 amide bonds. The summed E-state index contributed by atoms with van der Waals surface area (Å²) in [5, 5.41) is 1.63. The highest BCUT2D eigenvalue weighted by molar-refractivity contribution is 9.10. The van der Waals surface area contributed by atoms with Gasteiger partial charge in [0.2, 0.25) is 0 Å². The van der Waals surface area contributed by atoms with Crippen molar-refractivity contribution in [2.75, 3.05) is 0 Å².